The molecule has 0 aromatic heterocycles. The SMILES string of the molecule is [CH2-][C@H]1OC(C)(C)O[C@H]1[CH-]C1CO1.[Y]. The van der Waals surface area contributed by atoms with Gasteiger partial charge in [0.25, 0.3) is 0 Å². The molecule has 2 fully saturated rings. The second-order valence-corrected chi connectivity index (χ2v) is 3.70. The molecule has 0 aliphatic carbocycles. The van der Waals surface area contributed by atoms with Gasteiger partial charge in [0.05, 0.1) is 0 Å². The smallest absolute Gasteiger partial charge is 0.156 e. The zero-order valence-electron chi connectivity index (χ0n) is 8.03. The van der Waals surface area contributed by atoms with Crippen LogP contribution in [0.25, 0.3) is 0 Å². The summed E-state index contributed by atoms with van der Waals surface area (Å²) in [6.45, 7) is 8.47. The summed E-state index contributed by atoms with van der Waals surface area (Å²) < 4.78 is 16.1. The zero-order valence-corrected chi connectivity index (χ0v) is 10.9. The predicted octanol–water partition coefficient (Wildman–Crippen LogP) is 0.941. The van der Waals surface area contributed by atoms with Crippen LogP contribution in [0, 0.1) is 13.3 Å². The Hall–Kier alpha value is 0.984. The molecule has 3 atom stereocenters. The van der Waals surface area contributed by atoms with Crippen LogP contribution in [0.3, 0.4) is 0 Å². The van der Waals surface area contributed by atoms with Crippen LogP contribution in [0.1, 0.15) is 13.8 Å². The van der Waals surface area contributed by atoms with Crippen molar-refractivity contribution in [3.63, 3.8) is 0 Å². The van der Waals surface area contributed by atoms with Crippen molar-refractivity contribution in [1.82, 2.24) is 0 Å². The molecule has 0 bridgehead atoms. The third kappa shape index (κ3) is 3.24. The second-order valence-electron chi connectivity index (χ2n) is 3.70. The molecule has 13 heavy (non-hydrogen) atoms. The molecule has 0 aromatic rings. The van der Waals surface area contributed by atoms with E-state index in [0.29, 0.717) is 0 Å². The van der Waals surface area contributed by atoms with E-state index in [-0.39, 0.29) is 51.0 Å². The van der Waals surface area contributed by atoms with Gasteiger partial charge in [0.1, 0.15) is 0 Å². The Labute approximate surface area is 104 Å². The summed E-state index contributed by atoms with van der Waals surface area (Å²) in [5, 5.41) is 0. The van der Waals surface area contributed by atoms with E-state index in [0.717, 1.165) is 6.61 Å². The Morgan fingerprint density at radius 1 is 1.38 bits per heavy atom. The van der Waals surface area contributed by atoms with E-state index in [1.165, 1.54) is 0 Å². The van der Waals surface area contributed by atoms with Gasteiger partial charge in [-0.3, -0.25) is 6.42 Å². The molecule has 2 heterocycles. The standard InChI is InChI=1S/C9H14O3.Y/c1-6-8(4-7-5-10-7)12-9(2,3)11-6;/h4,6-8H,1,5H2,2-3H3;/q-2;/t6-,7?,8+;/m1./s1. The molecule has 0 aromatic carbocycles. The fourth-order valence-electron chi connectivity index (χ4n) is 1.40. The van der Waals surface area contributed by atoms with Gasteiger partial charge in [-0.1, -0.05) is 12.2 Å². The van der Waals surface area contributed by atoms with Crippen LogP contribution in [-0.4, -0.2) is 30.7 Å². The first kappa shape index (κ1) is 12.1. The summed E-state index contributed by atoms with van der Waals surface area (Å²) in [5.41, 5.74) is 0. The molecule has 1 radical (unpaired) electrons. The predicted molar refractivity (Wildman–Crippen MR) is 43.2 cm³/mol. The first-order valence-electron chi connectivity index (χ1n) is 4.22. The molecule has 0 amide bonds. The quantitative estimate of drug-likeness (QED) is 0.546. The summed E-state index contributed by atoms with van der Waals surface area (Å²) in [6, 6.07) is 0. The number of hydrogen-bond acceptors (Lipinski definition) is 3. The summed E-state index contributed by atoms with van der Waals surface area (Å²) in [5.74, 6) is -0.498. The van der Waals surface area contributed by atoms with Crippen molar-refractivity contribution in [1.29, 1.82) is 0 Å². The fraction of sp³-hybridized carbons (Fsp3) is 0.778. The number of epoxide rings is 1. The molecule has 0 spiro atoms. The number of rotatable bonds is 2. The average Bonchev–Trinajstić information content (AvgIpc) is 2.63. The van der Waals surface area contributed by atoms with Crippen molar-refractivity contribution in [2.75, 3.05) is 6.61 Å². The van der Waals surface area contributed by atoms with Crippen molar-refractivity contribution >= 4 is 0 Å². The van der Waals surface area contributed by atoms with E-state index in [4.69, 9.17) is 14.2 Å². The minimum absolute atomic E-state index is 0. The third-order valence-electron chi connectivity index (χ3n) is 1.98. The summed E-state index contributed by atoms with van der Waals surface area (Å²) in [4.78, 5) is 0. The Balaban J connectivity index is 0.000000845. The molecule has 0 saturated carbocycles. The maximum Gasteiger partial charge on any atom is 0.156 e. The van der Waals surface area contributed by atoms with E-state index < -0.39 is 5.79 Å². The topological polar surface area (TPSA) is 31.0 Å². The van der Waals surface area contributed by atoms with Gasteiger partial charge < -0.3 is 21.1 Å². The van der Waals surface area contributed by atoms with E-state index in [1.54, 1.807) is 0 Å². The Kier molecular flexibility index (Phi) is 3.93. The van der Waals surface area contributed by atoms with Gasteiger partial charge in [0.2, 0.25) is 0 Å². The van der Waals surface area contributed by atoms with Gasteiger partial charge in [-0.05, 0) is 20.0 Å². The van der Waals surface area contributed by atoms with Crippen LogP contribution >= 0.6 is 0 Å². The van der Waals surface area contributed by atoms with Crippen LogP contribution in [0.15, 0.2) is 0 Å². The van der Waals surface area contributed by atoms with E-state index in [9.17, 15) is 0 Å². The van der Waals surface area contributed by atoms with Crippen LogP contribution in [0.4, 0.5) is 0 Å². The van der Waals surface area contributed by atoms with Gasteiger partial charge in [0, 0.05) is 39.3 Å². The second kappa shape index (κ2) is 4.23. The first-order chi connectivity index (χ1) is 5.57. The molecule has 2 aliphatic rings. The van der Waals surface area contributed by atoms with Crippen LogP contribution < -0.4 is 0 Å². The van der Waals surface area contributed by atoms with Crippen molar-refractivity contribution in [3.8, 4) is 0 Å². The first-order valence-corrected chi connectivity index (χ1v) is 4.22. The summed E-state index contributed by atoms with van der Waals surface area (Å²) >= 11 is 0. The molecule has 73 valence electrons. The third-order valence-corrected chi connectivity index (χ3v) is 1.98. The van der Waals surface area contributed by atoms with Crippen molar-refractivity contribution in [2.45, 2.75) is 37.9 Å². The average molecular weight is 259 g/mol. The van der Waals surface area contributed by atoms with Crippen LogP contribution in [0.5, 0.6) is 0 Å². The normalized spacial score (nSPS) is 41.3. The van der Waals surface area contributed by atoms with Crippen LogP contribution in [-0.2, 0) is 46.9 Å². The molecule has 0 N–H and O–H groups in total. The molecule has 3 nitrogen and oxygen atoms in total. The Bertz CT molecular complexity index is 180. The summed E-state index contributed by atoms with van der Waals surface area (Å²) in [7, 11) is 0. The van der Waals surface area contributed by atoms with Crippen molar-refractivity contribution < 1.29 is 46.9 Å². The zero-order chi connectivity index (χ0) is 8.77. The van der Waals surface area contributed by atoms with E-state index in [2.05, 4.69) is 6.92 Å². The Morgan fingerprint density at radius 2 is 2.00 bits per heavy atom. The molecule has 1 unspecified atom stereocenters. The summed E-state index contributed by atoms with van der Waals surface area (Å²) in [6.07, 6.45) is 2.15. The minimum Gasteiger partial charge on any atom is -0.408 e. The Morgan fingerprint density at radius 3 is 2.38 bits per heavy atom. The van der Waals surface area contributed by atoms with Gasteiger partial charge in [-0.25, -0.2) is 0 Å². The van der Waals surface area contributed by atoms with E-state index >= 15 is 0 Å². The van der Waals surface area contributed by atoms with Crippen molar-refractivity contribution in [2.24, 2.45) is 0 Å². The molecular weight excluding hydrogens is 245 g/mol. The van der Waals surface area contributed by atoms with Crippen molar-refractivity contribution in [3.05, 3.63) is 13.3 Å². The minimum atomic E-state index is -0.498. The maximum atomic E-state index is 5.59. The largest absolute Gasteiger partial charge is 0.408 e. The van der Waals surface area contributed by atoms with Gasteiger partial charge in [-0.15, -0.1) is 0 Å². The maximum absolute atomic E-state index is 5.59. The molecule has 4 heteroatoms. The van der Waals surface area contributed by atoms with Gasteiger partial charge in [-0.2, -0.15) is 0 Å². The molecule has 2 rings (SSSR count). The van der Waals surface area contributed by atoms with Gasteiger partial charge in [0.15, 0.2) is 5.79 Å². The fourth-order valence-corrected chi connectivity index (χ4v) is 1.40. The number of hydrogen-bond donors (Lipinski definition) is 0. The van der Waals surface area contributed by atoms with Gasteiger partial charge >= 0.3 is 0 Å². The monoisotopic (exact) mass is 259 g/mol. The van der Waals surface area contributed by atoms with E-state index in [1.807, 2.05) is 20.3 Å². The number of ether oxygens (including phenoxy) is 3. The molecule has 2 saturated heterocycles. The molecule has 2 aliphatic heterocycles. The molecular formula is C9H14O3Y-2. The van der Waals surface area contributed by atoms with Crippen LogP contribution in [0.2, 0.25) is 0 Å².